The van der Waals surface area contributed by atoms with E-state index in [0.717, 1.165) is 5.56 Å². The van der Waals surface area contributed by atoms with Crippen molar-refractivity contribution in [3.05, 3.63) is 60.2 Å². The highest BCUT2D eigenvalue weighted by Gasteiger charge is 2.25. The van der Waals surface area contributed by atoms with Crippen molar-refractivity contribution in [1.82, 2.24) is 4.31 Å². The normalized spacial score (nSPS) is 15.3. The molecule has 1 amide bonds. The SMILES string of the molecule is CCOc1ccccc1NC(=O)/C=C/c1ccc(S(=O)(=O)N2CCOCC2)cc1. The Morgan fingerprint density at radius 1 is 1.14 bits per heavy atom. The van der Waals surface area contributed by atoms with Crippen LogP contribution in [0.2, 0.25) is 0 Å². The van der Waals surface area contributed by atoms with Crippen molar-refractivity contribution in [2.24, 2.45) is 0 Å². The fourth-order valence-corrected chi connectivity index (χ4v) is 4.29. The van der Waals surface area contributed by atoms with Crippen LogP contribution in [-0.2, 0) is 19.6 Å². The lowest BCUT2D eigenvalue weighted by Gasteiger charge is -2.26. The van der Waals surface area contributed by atoms with Gasteiger partial charge in [0.2, 0.25) is 15.9 Å². The molecule has 0 atom stereocenters. The molecule has 1 aliphatic rings. The number of ether oxygens (including phenoxy) is 2. The molecule has 29 heavy (non-hydrogen) atoms. The molecule has 1 heterocycles. The van der Waals surface area contributed by atoms with Crippen LogP contribution in [0.4, 0.5) is 5.69 Å². The van der Waals surface area contributed by atoms with Crippen molar-refractivity contribution in [2.75, 3.05) is 38.2 Å². The van der Waals surface area contributed by atoms with Crippen molar-refractivity contribution in [3.63, 3.8) is 0 Å². The standard InChI is InChI=1S/C21H24N2O5S/c1-2-28-20-6-4-3-5-19(20)22-21(24)12-9-17-7-10-18(11-8-17)29(25,26)23-13-15-27-16-14-23/h3-12H,2,13-16H2,1H3,(H,22,24)/b12-9+. The molecular formula is C21H24N2O5S. The van der Waals surface area contributed by atoms with Gasteiger partial charge in [-0.1, -0.05) is 24.3 Å². The maximum absolute atomic E-state index is 12.6. The molecule has 1 N–H and O–H groups in total. The minimum atomic E-state index is -3.52. The summed E-state index contributed by atoms with van der Waals surface area (Å²) >= 11 is 0. The van der Waals surface area contributed by atoms with Crippen LogP contribution in [-0.4, -0.2) is 51.5 Å². The van der Waals surface area contributed by atoms with Gasteiger partial charge in [0.15, 0.2) is 0 Å². The summed E-state index contributed by atoms with van der Waals surface area (Å²) in [6.45, 7) is 3.90. The van der Waals surface area contributed by atoms with Crippen LogP contribution in [0.5, 0.6) is 5.75 Å². The largest absolute Gasteiger partial charge is 0.492 e. The van der Waals surface area contributed by atoms with E-state index in [0.29, 0.717) is 44.3 Å². The predicted octanol–water partition coefficient (Wildman–Crippen LogP) is 2.76. The number of carbonyl (C=O) groups excluding carboxylic acids is 1. The van der Waals surface area contributed by atoms with Crippen LogP contribution in [0.1, 0.15) is 12.5 Å². The molecule has 2 aromatic rings. The third kappa shape index (κ3) is 5.44. The Morgan fingerprint density at radius 3 is 2.52 bits per heavy atom. The molecule has 0 radical (unpaired) electrons. The van der Waals surface area contributed by atoms with Gasteiger partial charge in [-0.2, -0.15) is 4.31 Å². The topological polar surface area (TPSA) is 84.9 Å². The highest BCUT2D eigenvalue weighted by molar-refractivity contribution is 7.89. The van der Waals surface area contributed by atoms with Crippen LogP contribution in [0.3, 0.4) is 0 Å². The van der Waals surface area contributed by atoms with Gasteiger partial charge in [-0.15, -0.1) is 0 Å². The minimum absolute atomic E-state index is 0.228. The maximum atomic E-state index is 12.6. The van der Waals surface area contributed by atoms with E-state index < -0.39 is 10.0 Å². The van der Waals surface area contributed by atoms with E-state index in [1.54, 1.807) is 42.5 Å². The van der Waals surface area contributed by atoms with Gasteiger partial charge in [-0.25, -0.2) is 8.42 Å². The van der Waals surface area contributed by atoms with E-state index in [-0.39, 0.29) is 10.8 Å². The summed E-state index contributed by atoms with van der Waals surface area (Å²) in [5.41, 5.74) is 1.31. The number of amides is 1. The predicted molar refractivity (Wildman–Crippen MR) is 111 cm³/mol. The number of hydrogen-bond acceptors (Lipinski definition) is 5. The average molecular weight is 416 g/mol. The lowest BCUT2D eigenvalue weighted by atomic mass is 10.2. The lowest BCUT2D eigenvalue weighted by molar-refractivity contribution is -0.111. The summed E-state index contributed by atoms with van der Waals surface area (Å²) in [6, 6.07) is 13.6. The molecule has 0 aliphatic carbocycles. The van der Waals surface area contributed by atoms with E-state index in [1.807, 2.05) is 19.1 Å². The van der Waals surface area contributed by atoms with Crippen LogP contribution in [0.25, 0.3) is 6.08 Å². The number of hydrogen-bond donors (Lipinski definition) is 1. The second-order valence-corrected chi connectivity index (χ2v) is 8.28. The molecule has 8 heteroatoms. The first-order valence-corrected chi connectivity index (χ1v) is 10.8. The van der Waals surface area contributed by atoms with Gasteiger partial charge in [0, 0.05) is 19.2 Å². The molecule has 0 unspecified atom stereocenters. The zero-order valence-corrected chi connectivity index (χ0v) is 17.0. The summed E-state index contributed by atoms with van der Waals surface area (Å²) in [7, 11) is -3.52. The lowest BCUT2D eigenvalue weighted by Crippen LogP contribution is -2.40. The average Bonchev–Trinajstić information content (AvgIpc) is 2.75. The molecule has 0 saturated carbocycles. The van der Waals surface area contributed by atoms with Gasteiger partial charge in [0.1, 0.15) is 5.75 Å². The second kappa shape index (κ2) is 9.69. The van der Waals surface area contributed by atoms with Crippen molar-refractivity contribution >= 4 is 27.7 Å². The maximum Gasteiger partial charge on any atom is 0.248 e. The molecule has 0 aromatic heterocycles. The molecule has 1 fully saturated rings. The smallest absolute Gasteiger partial charge is 0.248 e. The number of morpholine rings is 1. The third-order valence-electron chi connectivity index (χ3n) is 4.36. The van der Waals surface area contributed by atoms with Gasteiger partial charge < -0.3 is 14.8 Å². The van der Waals surface area contributed by atoms with E-state index >= 15 is 0 Å². The second-order valence-electron chi connectivity index (χ2n) is 6.34. The molecule has 3 rings (SSSR count). The Morgan fingerprint density at radius 2 is 1.83 bits per heavy atom. The number of para-hydroxylation sites is 2. The molecule has 1 aliphatic heterocycles. The monoisotopic (exact) mass is 416 g/mol. The first-order valence-electron chi connectivity index (χ1n) is 9.39. The summed E-state index contributed by atoms with van der Waals surface area (Å²) in [6.07, 6.45) is 3.03. The Kier molecular flexibility index (Phi) is 7.03. The van der Waals surface area contributed by atoms with Crippen molar-refractivity contribution in [2.45, 2.75) is 11.8 Å². The minimum Gasteiger partial charge on any atom is -0.492 e. The molecular weight excluding hydrogens is 392 g/mol. The summed E-state index contributed by atoms with van der Waals surface area (Å²) in [4.78, 5) is 12.4. The fourth-order valence-electron chi connectivity index (χ4n) is 2.88. The zero-order chi connectivity index (χ0) is 20.7. The van der Waals surface area contributed by atoms with E-state index in [4.69, 9.17) is 9.47 Å². The van der Waals surface area contributed by atoms with E-state index in [2.05, 4.69) is 5.32 Å². The Balaban J connectivity index is 1.65. The first kappa shape index (κ1) is 21.0. The summed E-state index contributed by atoms with van der Waals surface area (Å²) < 4.78 is 37.4. The molecule has 7 nitrogen and oxygen atoms in total. The summed E-state index contributed by atoms with van der Waals surface area (Å²) in [5.74, 6) is 0.302. The quantitative estimate of drug-likeness (QED) is 0.702. The van der Waals surface area contributed by atoms with Gasteiger partial charge in [-0.05, 0) is 42.8 Å². The Hall–Kier alpha value is -2.68. The third-order valence-corrected chi connectivity index (χ3v) is 6.27. The molecule has 1 saturated heterocycles. The van der Waals surface area contributed by atoms with Gasteiger partial charge >= 0.3 is 0 Å². The highest BCUT2D eigenvalue weighted by atomic mass is 32.2. The molecule has 0 bridgehead atoms. The van der Waals surface area contributed by atoms with E-state index in [9.17, 15) is 13.2 Å². The number of sulfonamides is 1. The van der Waals surface area contributed by atoms with Gasteiger partial charge in [0.25, 0.3) is 0 Å². The van der Waals surface area contributed by atoms with Crippen molar-refractivity contribution < 1.29 is 22.7 Å². The number of nitrogens with zero attached hydrogens (tertiary/aromatic N) is 1. The molecule has 154 valence electrons. The van der Waals surface area contributed by atoms with Crippen LogP contribution in [0, 0.1) is 0 Å². The van der Waals surface area contributed by atoms with Crippen molar-refractivity contribution in [1.29, 1.82) is 0 Å². The van der Waals surface area contributed by atoms with Gasteiger partial charge in [0.05, 0.1) is 30.4 Å². The zero-order valence-electron chi connectivity index (χ0n) is 16.2. The first-order chi connectivity index (χ1) is 14.0. The van der Waals surface area contributed by atoms with Crippen LogP contribution < -0.4 is 10.1 Å². The Bertz CT molecular complexity index is 965. The molecule has 0 spiro atoms. The highest BCUT2D eigenvalue weighted by Crippen LogP contribution is 2.23. The number of benzene rings is 2. The van der Waals surface area contributed by atoms with Crippen LogP contribution >= 0.6 is 0 Å². The fraction of sp³-hybridized carbons (Fsp3) is 0.286. The van der Waals surface area contributed by atoms with Gasteiger partial charge in [-0.3, -0.25) is 4.79 Å². The number of anilines is 1. The van der Waals surface area contributed by atoms with E-state index in [1.165, 1.54) is 10.4 Å². The number of rotatable bonds is 7. The Labute approximate surface area is 171 Å². The van der Waals surface area contributed by atoms with Crippen LogP contribution in [0.15, 0.2) is 59.5 Å². The number of carbonyl (C=O) groups is 1. The summed E-state index contributed by atoms with van der Waals surface area (Å²) in [5, 5.41) is 2.78. The molecule has 2 aromatic carbocycles. The number of nitrogens with one attached hydrogen (secondary N) is 1. The van der Waals surface area contributed by atoms with Crippen molar-refractivity contribution in [3.8, 4) is 5.75 Å².